The van der Waals surface area contributed by atoms with Crippen LogP contribution in [0.2, 0.25) is 10.0 Å². The van der Waals surface area contributed by atoms with Gasteiger partial charge in [-0.15, -0.1) is 0 Å². The van der Waals surface area contributed by atoms with Gasteiger partial charge in [-0.1, -0.05) is 46.7 Å². The van der Waals surface area contributed by atoms with E-state index >= 15 is 0 Å². The number of nitrogens with zero attached hydrogens (tertiary/aromatic N) is 4. The summed E-state index contributed by atoms with van der Waals surface area (Å²) in [5, 5.41) is 1.16. The van der Waals surface area contributed by atoms with Crippen LogP contribution in [-0.4, -0.2) is 51.3 Å². The lowest BCUT2D eigenvalue weighted by Gasteiger charge is -2.35. The van der Waals surface area contributed by atoms with Gasteiger partial charge in [0.1, 0.15) is 5.82 Å². The quantitative estimate of drug-likeness (QED) is 0.258. The van der Waals surface area contributed by atoms with Crippen molar-refractivity contribution in [1.82, 2.24) is 19.2 Å². The second-order valence-corrected chi connectivity index (χ2v) is 10.6. The van der Waals surface area contributed by atoms with Crippen molar-refractivity contribution in [3.63, 3.8) is 0 Å². The van der Waals surface area contributed by atoms with Gasteiger partial charge < -0.3 is 4.90 Å². The van der Waals surface area contributed by atoms with Crippen LogP contribution >= 0.6 is 34.5 Å². The Balaban J connectivity index is 1.31. The van der Waals surface area contributed by atoms with E-state index in [0.29, 0.717) is 35.2 Å². The molecule has 0 aliphatic carbocycles. The standard InChI is InChI=1S/C27H21Cl2FN4OS/c28-18-7-10-22-24(15-18)36-27-31-25(17-5-8-19(30)9-6-17)23(34(22)27)16-32-11-13-33(14-12-32)26(35)20-3-1-2-4-21(20)29/h1-10,15H,11-14,16H2. The van der Waals surface area contributed by atoms with E-state index in [1.807, 2.05) is 35.2 Å². The predicted molar refractivity (Wildman–Crippen MR) is 144 cm³/mol. The Morgan fingerprint density at radius 1 is 0.972 bits per heavy atom. The fourth-order valence-corrected chi connectivity index (χ4v) is 6.25. The number of aromatic nitrogens is 2. The molecule has 9 heteroatoms. The summed E-state index contributed by atoms with van der Waals surface area (Å²) in [6.45, 7) is 3.31. The first kappa shape index (κ1) is 23.4. The summed E-state index contributed by atoms with van der Waals surface area (Å²) in [6, 6.07) is 19.5. The molecule has 0 N–H and O–H groups in total. The van der Waals surface area contributed by atoms with E-state index < -0.39 is 0 Å². The monoisotopic (exact) mass is 538 g/mol. The van der Waals surface area contributed by atoms with Gasteiger partial charge in [-0.05, 0) is 54.6 Å². The number of carbonyl (C=O) groups is 1. The van der Waals surface area contributed by atoms with E-state index in [1.165, 1.54) is 12.1 Å². The van der Waals surface area contributed by atoms with Crippen LogP contribution in [0.25, 0.3) is 26.4 Å². The average molecular weight is 539 g/mol. The zero-order valence-electron chi connectivity index (χ0n) is 19.1. The Bertz CT molecular complexity index is 1590. The molecular weight excluding hydrogens is 518 g/mol. The Labute approximate surface area is 221 Å². The largest absolute Gasteiger partial charge is 0.336 e. The van der Waals surface area contributed by atoms with E-state index in [0.717, 1.165) is 45.2 Å². The summed E-state index contributed by atoms with van der Waals surface area (Å²) in [4.78, 5) is 23.0. The fourth-order valence-electron chi connectivity index (χ4n) is 4.71. The number of imidazole rings is 1. The van der Waals surface area contributed by atoms with Gasteiger partial charge in [-0.25, -0.2) is 9.37 Å². The number of fused-ring (bicyclic) bond motifs is 3. The molecule has 5 aromatic rings. The first-order valence-corrected chi connectivity index (χ1v) is 13.2. The fraction of sp³-hybridized carbons (Fsp3) is 0.185. The molecule has 3 heterocycles. The van der Waals surface area contributed by atoms with Gasteiger partial charge in [0.05, 0.1) is 32.2 Å². The summed E-state index contributed by atoms with van der Waals surface area (Å²) in [5.41, 5.74) is 4.33. The maximum Gasteiger partial charge on any atom is 0.255 e. The van der Waals surface area contributed by atoms with Crippen molar-refractivity contribution in [1.29, 1.82) is 0 Å². The molecule has 0 atom stereocenters. The Morgan fingerprint density at radius 2 is 1.72 bits per heavy atom. The van der Waals surface area contributed by atoms with Crippen molar-refractivity contribution in [3.05, 3.63) is 93.8 Å². The number of halogens is 3. The van der Waals surface area contributed by atoms with E-state index in [9.17, 15) is 9.18 Å². The Morgan fingerprint density at radius 3 is 2.47 bits per heavy atom. The molecule has 3 aromatic carbocycles. The first-order chi connectivity index (χ1) is 17.5. The minimum absolute atomic E-state index is 0.0419. The molecule has 5 nitrogen and oxygen atoms in total. The number of benzene rings is 3. The van der Waals surface area contributed by atoms with E-state index in [2.05, 4.69) is 9.30 Å². The maximum atomic E-state index is 13.6. The highest BCUT2D eigenvalue weighted by Gasteiger charge is 2.26. The number of carbonyl (C=O) groups excluding carboxylic acids is 1. The number of rotatable bonds is 4. The van der Waals surface area contributed by atoms with E-state index in [1.54, 1.807) is 35.6 Å². The van der Waals surface area contributed by atoms with Gasteiger partial charge in [-0.3, -0.25) is 14.1 Å². The zero-order valence-corrected chi connectivity index (χ0v) is 21.5. The van der Waals surface area contributed by atoms with Gasteiger partial charge in [0.15, 0.2) is 4.96 Å². The molecule has 36 heavy (non-hydrogen) atoms. The Kier molecular flexibility index (Phi) is 6.17. The van der Waals surface area contributed by atoms with Gasteiger partial charge in [-0.2, -0.15) is 0 Å². The summed E-state index contributed by atoms with van der Waals surface area (Å²) >= 11 is 14.1. The van der Waals surface area contributed by atoms with Crippen LogP contribution in [0.4, 0.5) is 4.39 Å². The highest BCUT2D eigenvalue weighted by molar-refractivity contribution is 7.23. The minimum atomic E-state index is -0.277. The topological polar surface area (TPSA) is 40.9 Å². The molecule has 0 radical (unpaired) electrons. The highest BCUT2D eigenvalue weighted by atomic mass is 35.5. The van der Waals surface area contributed by atoms with Crippen molar-refractivity contribution in [3.8, 4) is 11.3 Å². The highest BCUT2D eigenvalue weighted by Crippen LogP contribution is 2.35. The second kappa shape index (κ2) is 9.48. The van der Waals surface area contributed by atoms with Gasteiger partial charge in [0, 0.05) is 43.3 Å². The van der Waals surface area contributed by atoms with Crippen molar-refractivity contribution < 1.29 is 9.18 Å². The van der Waals surface area contributed by atoms with Crippen LogP contribution < -0.4 is 0 Å². The number of piperazine rings is 1. The molecule has 182 valence electrons. The molecule has 2 aromatic heterocycles. The maximum absolute atomic E-state index is 13.6. The molecule has 0 saturated carbocycles. The number of thiazole rings is 1. The van der Waals surface area contributed by atoms with Crippen LogP contribution in [-0.2, 0) is 6.54 Å². The molecule has 1 aliphatic rings. The van der Waals surface area contributed by atoms with Crippen LogP contribution in [0, 0.1) is 5.82 Å². The molecule has 1 amide bonds. The average Bonchev–Trinajstić information content (AvgIpc) is 3.40. The molecule has 1 aliphatic heterocycles. The van der Waals surface area contributed by atoms with Crippen molar-refractivity contribution in [2.75, 3.05) is 26.2 Å². The SMILES string of the molecule is O=C(c1ccccc1Cl)N1CCN(Cc2c(-c3ccc(F)cc3)nc3sc4cc(Cl)ccc4n23)CC1. The van der Waals surface area contributed by atoms with Crippen LogP contribution in [0.3, 0.4) is 0 Å². The number of hydrogen-bond donors (Lipinski definition) is 0. The lowest BCUT2D eigenvalue weighted by molar-refractivity contribution is 0.0627. The van der Waals surface area contributed by atoms with Crippen LogP contribution in [0.5, 0.6) is 0 Å². The third kappa shape index (κ3) is 4.26. The summed E-state index contributed by atoms with van der Waals surface area (Å²) in [5.74, 6) is -0.319. The first-order valence-electron chi connectivity index (χ1n) is 11.6. The van der Waals surface area contributed by atoms with Crippen molar-refractivity contribution in [2.45, 2.75) is 6.54 Å². The van der Waals surface area contributed by atoms with E-state index in [4.69, 9.17) is 28.2 Å². The molecule has 6 rings (SSSR count). The van der Waals surface area contributed by atoms with Crippen molar-refractivity contribution >= 4 is 55.6 Å². The summed E-state index contributed by atoms with van der Waals surface area (Å²) in [7, 11) is 0. The Hall–Kier alpha value is -2.97. The second-order valence-electron chi connectivity index (χ2n) is 8.79. The molecule has 0 bridgehead atoms. The molecule has 0 spiro atoms. The minimum Gasteiger partial charge on any atom is -0.336 e. The van der Waals surface area contributed by atoms with Gasteiger partial charge >= 0.3 is 0 Å². The van der Waals surface area contributed by atoms with Gasteiger partial charge in [0.25, 0.3) is 5.91 Å². The zero-order chi connectivity index (χ0) is 24.8. The predicted octanol–water partition coefficient (Wildman–Crippen LogP) is 6.62. The normalized spacial score (nSPS) is 14.7. The van der Waals surface area contributed by atoms with E-state index in [-0.39, 0.29) is 11.7 Å². The van der Waals surface area contributed by atoms with Crippen LogP contribution in [0.1, 0.15) is 16.1 Å². The third-order valence-corrected chi connectivity index (χ3v) is 8.13. The van der Waals surface area contributed by atoms with Crippen molar-refractivity contribution in [2.24, 2.45) is 0 Å². The third-order valence-electron chi connectivity index (χ3n) is 6.56. The molecule has 1 fully saturated rings. The number of amides is 1. The van der Waals surface area contributed by atoms with Gasteiger partial charge in [0.2, 0.25) is 0 Å². The summed E-state index contributed by atoms with van der Waals surface area (Å²) in [6.07, 6.45) is 0. The lowest BCUT2D eigenvalue weighted by Crippen LogP contribution is -2.48. The molecule has 1 saturated heterocycles. The molecular formula is C27H21Cl2FN4OS. The van der Waals surface area contributed by atoms with Crippen LogP contribution in [0.15, 0.2) is 66.7 Å². The lowest BCUT2D eigenvalue weighted by atomic mass is 10.1. The summed E-state index contributed by atoms with van der Waals surface area (Å²) < 4.78 is 16.9. The number of hydrogen-bond acceptors (Lipinski definition) is 4. The molecule has 0 unspecified atom stereocenters. The smallest absolute Gasteiger partial charge is 0.255 e.